The summed E-state index contributed by atoms with van der Waals surface area (Å²) in [5.41, 5.74) is 3.59. The Morgan fingerprint density at radius 1 is 1.14 bits per heavy atom. The lowest BCUT2D eigenvalue weighted by atomic mass is 10.2. The second-order valence-corrected chi connectivity index (χ2v) is 11.3. The Bertz CT molecular complexity index is 1640. The van der Waals surface area contributed by atoms with Gasteiger partial charge in [0, 0.05) is 41.1 Å². The van der Waals surface area contributed by atoms with E-state index in [4.69, 9.17) is 9.72 Å². The lowest BCUT2D eigenvalue weighted by Gasteiger charge is -2.21. The number of aliphatic hydroxyl groups excluding tert-OH is 1. The number of carbonyl (C=O) groups excluding carboxylic acids is 1. The standard InChI is InChI=1S/C30H32N8O3S/c1-20-14-27(35-34-20)32-29-26-8-5-13-38(26)36-30(33-29)42-25-11-9-22(10-12-25)31-28(40)17-37-16-24(15-23(37)18-39)41-19-21-6-3-2-4-7-21/h2-14,23-24,39H,15-19H2,1H3,(H,31,40)(H2,32,33,34,35,36)/t23-,24+/m0/s1. The lowest BCUT2D eigenvalue weighted by Crippen LogP contribution is -2.38. The van der Waals surface area contributed by atoms with Gasteiger partial charge in [0.2, 0.25) is 11.1 Å². The summed E-state index contributed by atoms with van der Waals surface area (Å²) in [6.45, 7) is 3.22. The van der Waals surface area contributed by atoms with E-state index >= 15 is 0 Å². The number of benzene rings is 2. The number of anilines is 3. The molecule has 2 aromatic carbocycles. The van der Waals surface area contributed by atoms with Crippen molar-refractivity contribution >= 4 is 40.5 Å². The number of ether oxygens (including phenoxy) is 1. The number of hydrogen-bond acceptors (Lipinski definition) is 9. The van der Waals surface area contributed by atoms with Gasteiger partial charge in [-0.25, -0.2) is 9.50 Å². The number of aliphatic hydroxyl groups is 1. The average Bonchev–Trinajstić information content (AvgIpc) is 3.73. The van der Waals surface area contributed by atoms with E-state index in [0.29, 0.717) is 42.1 Å². The van der Waals surface area contributed by atoms with Crippen molar-refractivity contribution in [2.75, 3.05) is 30.3 Å². The molecule has 11 nitrogen and oxygen atoms in total. The summed E-state index contributed by atoms with van der Waals surface area (Å²) in [4.78, 5) is 20.5. The summed E-state index contributed by atoms with van der Waals surface area (Å²) in [7, 11) is 0. The molecule has 0 radical (unpaired) electrons. The van der Waals surface area contributed by atoms with Gasteiger partial charge in [0.25, 0.3) is 0 Å². The van der Waals surface area contributed by atoms with Crippen molar-refractivity contribution in [3.8, 4) is 0 Å². The van der Waals surface area contributed by atoms with Gasteiger partial charge in [0.05, 0.1) is 25.9 Å². The number of aromatic amines is 1. The summed E-state index contributed by atoms with van der Waals surface area (Å²) < 4.78 is 7.84. The van der Waals surface area contributed by atoms with Crippen molar-refractivity contribution in [2.45, 2.75) is 42.1 Å². The van der Waals surface area contributed by atoms with Crippen LogP contribution >= 0.6 is 11.8 Å². The highest BCUT2D eigenvalue weighted by Crippen LogP contribution is 2.29. The van der Waals surface area contributed by atoms with Crippen LogP contribution in [0.4, 0.5) is 17.3 Å². The van der Waals surface area contributed by atoms with Gasteiger partial charge < -0.3 is 20.5 Å². The van der Waals surface area contributed by atoms with E-state index in [0.717, 1.165) is 21.7 Å². The fourth-order valence-electron chi connectivity index (χ4n) is 4.98. The zero-order valence-corrected chi connectivity index (χ0v) is 23.9. The third-order valence-corrected chi connectivity index (χ3v) is 7.91. The van der Waals surface area contributed by atoms with Crippen LogP contribution in [0.25, 0.3) is 5.52 Å². The Morgan fingerprint density at radius 3 is 2.74 bits per heavy atom. The molecule has 42 heavy (non-hydrogen) atoms. The topological polar surface area (TPSA) is 133 Å². The summed E-state index contributed by atoms with van der Waals surface area (Å²) >= 11 is 1.42. The Labute approximate surface area is 247 Å². The van der Waals surface area contributed by atoms with Crippen molar-refractivity contribution in [3.63, 3.8) is 0 Å². The number of carbonyl (C=O) groups is 1. The highest BCUT2D eigenvalue weighted by molar-refractivity contribution is 7.99. The first-order chi connectivity index (χ1) is 20.5. The molecule has 1 aliphatic heterocycles. The quantitative estimate of drug-likeness (QED) is 0.180. The molecule has 1 fully saturated rings. The molecule has 5 aromatic rings. The Kier molecular flexibility index (Phi) is 8.47. The molecule has 0 spiro atoms. The number of aromatic nitrogens is 5. The smallest absolute Gasteiger partial charge is 0.238 e. The fourth-order valence-corrected chi connectivity index (χ4v) is 5.73. The van der Waals surface area contributed by atoms with Crippen molar-refractivity contribution in [3.05, 3.63) is 90.3 Å². The van der Waals surface area contributed by atoms with Gasteiger partial charge in [-0.05, 0) is 67.1 Å². The summed E-state index contributed by atoms with van der Waals surface area (Å²) in [5.74, 6) is 1.20. The van der Waals surface area contributed by atoms with Crippen molar-refractivity contribution < 1.29 is 14.6 Å². The van der Waals surface area contributed by atoms with Gasteiger partial charge in [-0.3, -0.25) is 14.8 Å². The van der Waals surface area contributed by atoms with Crippen LogP contribution in [-0.4, -0.2) is 72.6 Å². The van der Waals surface area contributed by atoms with E-state index in [1.54, 1.807) is 4.52 Å². The Hall–Kier alpha value is -4.23. The molecule has 12 heteroatoms. The molecule has 4 N–H and O–H groups in total. The van der Waals surface area contributed by atoms with Crippen LogP contribution in [0.2, 0.25) is 0 Å². The van der Waals surface area contributed by atoms with Crippen molar-refractivity contribution in [2.24, 2.45) is 0 Å². The first-order valence-corrected chi connectivity index (χ1v) is 14.6. The number of nitrogens with one attached hydrogen (secondary N) is 3. The maximum atomic E-state index is 12.9. The predicted octanol–water partition coefficient (Wildman–Crippen LogP) is 4.25. The SMILES string of the molecule is Cc1cc(Nc2nc(Sc3ccc(NC(=O)CN4C[C@H](OCc5ccccc5)C[C@H]4CO)cc3)nn3cccc23)n[nH]1. The van der Waals surface area contributed by atoms with Gasteiger partial charge in [0.15, 0.2) is 11.6 Å². The highest BCUT2D eigenvalue weighted by Gasteiger charge is 2.33. The van der Waals surface area contributed by atoms with Crippen molar-refractivity contribution in [1.82, 2.24) is 29.7 Å². The van der Waals surface area contributed by atoms with E-state index in [2.05, 4.69) is 25.9 Å². The third kappa shape index (κ3) is 6.80. The summed E-state index contributed by atoms with van der Waals surface area (Å²) in [5, 5.41) is 28.5. The molecule has 6 rings (SSSR count). The van der Waals surface area contributed by atoms with Crippen LogP contribution < -0.4 is 10.6 Å². The second kappa shape index (κ2) is 12.7. The number of fused-ring (bicyclic) bond motifs is 1. The van der Waals surface area contributed by atoms with Gasteiger partial charge in [-0.1, -0.05) is 30.3 Å². The maximum Gasteiger partial charge on any atom is 0.238 e. The molecule has 3 aromatic heterocycles. The minimum Gasteiger partial charge on any atom is -0.395 e. The van der Waals surface area contributed by atoms with Gasteiger partial charge >= 0.3 is 0 Å². The molecular formula is C30H32N8O3S. The molecular weight excluding hydrogens is 552 g/mol. The molecule has 0 saturated carbocycles. The zero-order valence-electron chi connectivity index (χ0n) is 23.1. The molecule has 0 aliphatic carbocycles. The molecule has 1 aliphatic rings. The van der Waals surface area contributed by atoms with Crippen LogP contribution in [0, 0.1) is 6.92 Å². The van der Waals surface area contributed by atoms with Crippen molar-refractivity contribution in [1.29, 1.82) is 0 Å². The molecule has 2 atom stereocenters. The lowest BCUT2D eigenvalue weighted by molar-refractivity contribution is -0.117. The minimum absolute atomic E-state index is 0.0140. The van der Waals surface area contributed by atoms with E-state index in [-0.39, 0.29) is 31.2 Å². The number of nitrogens with zero attached hydrogens (tertiary/aromatic N) is 5. The molecule has 216 valence electrons. The van der Waals surface area contributed by atoms with Gasteiger partial charge in [-0.2, -0.15) is 5.10 Å². The number of rotatable bonds is 11. The number of H-pyrrole nitrogens is 1. The largest absolute Gasteiger partial charge is 0.395 e. The molecule has 4 heterocycles. The normalized spacial score (nSPS) is 17.1. The minimum atomic E-state index is -0.136. The van der Waals surface area contributed by atoms with Crippen LogP contribution in [0.3, 0.4) is 0 Å². The highest BCUT2D eigenvalue weighted by atomic mass is 32.2. The maximum absolute atomic E-state index is 12.9. The predicted molar refractivity (Wildman–Crippen MR) is 161 cm³/mol. The number of aryl methyl sites for hydroxylation is 1. The number of amides is 1. The van der Waals surface area contributed by atoms with Crippen LogP contribution in [0.1, 0.15) is 17.7 Å². The summed E-state index contributed by atoms with van der Waals surface area (Å²) in [6, 6.07) is 23.2. The van der Waals surface area contributed by atoms with E-state index < -0.39 is 0 Å². The molecule has 0 unspecified atom stereocenters. The first-order valence-electron chi connectivity index (χ1n) is 13.7. The molecule has 0 bridgehead atoms. The molecule has 1 amide bonds. The molecule has 1 saturated heterocycles. The van der Waals surface area contributed by atoms with Gasteiger partial charge in [0.1, 0.15) is 5.52 Å². The Morgan fingerprint density at radius 2 is 1.98 bits per heavy atom. The van der Waals surface area contributed by atoms with Crippen LogP contribution in [0.5, 0.6) is 0 Å². The average molecular weight is 585 g/mol. The monoisotopic (exact) mass is 584 g/mol. The summed E-state index contributed by atoms with van der Waals surface area (Å²) in [6.07, 6.45) is 2.54. The zero-order chi connectivity index (χ0) is 28.9. The van der Waals surface area contributed by atoms with Crippen LogP contribution in [-0.2, 0) is 16.1 Å². The first kappa shape index (κ1) is 27.9. The Balaban J connectivity index is 1.04. The van der Waals surface area contributed by atoms with E-state index in [1.165, 1.54) is 11.8 Å². The fraction of sp³-hybridized carbons (Fsp3) is 0.267. The van der Waals surface area contributed by atoms with E-state index in [9.17, 15) is 9.90 Å². The second-order valence-electron chi connectivity index (χ2n) is 10.2. The number of hydrogen-bond donors (Lipinski definition) is 4. The van der Waals surface area contributed by atoms with Crippen LogP contribution in [0.15, 0.2) is 89.0 Å². The van der Waals surface area contributed by atoms with Gasteiger partial charge in [-0.15, -0.1) is 5.10 Å². The third-order valence-electron chi connectivity index (χ3n) is 7.05. The number of likely N-dealkylation sites (tertiary alicyclic amines) is 1. The van der Waals surface area contributed by atoms with E-state index in [1.807, 2.05) is 90.8 Å².